The molecule has 1 aliphatic heterocycles. The average Bonchev–Trinajstić information content (AvgIpc) is 3.17. The largest absolute Gasteiger partial charge is 0.497 e. The van der Waals surface area contributed by atoms with Crippen molar-refractivity contribution in [2.75, 3.05) is 18.6 Å². The van der Waals surface area contributed by atoms with Crippen LogP contribution in [0.5, 0.6) is 5.75 Å². The first-order valence-electron chi connectivity index (χ1n) is 9.90. The van der Waals surface area contributed by atoms with Crippen molar-refractivity contribution in [3.05, 3.63) is 95.6 Å². The van der Waals surface area contributed by atoms with Crippen LogP contribution in [-0.4, -0.2) is 25.5 Å². The number of ketones is 1. The van der Waals surface area contributed by atoms with Crippen LogP contribution < -0.4 is 9.64 Å². The summed E-state index contributed by atoms with van der Waals surface area (Å²) in [5.74, 6) is 0.683. The Morgan fingerprint density at radius 3 is 2.37 bits per heavy atom. The summed E-state index contributed by atoms with van der Waals surface area (Å²) in [5.41, 5.74) is 3.38. The van der Waals surface area contributed by atoms with E-state index in [2.05, 4.69) is 0 Å². The van der Waals surface area contributed by atoms with Crippen molar-refractivity contribution in [3.63, 3.8) is 0 Å². The summed E-state index contributed by atoms with van der Waals surface area (Å²) < 4.78 is 10.7. The van der Waals surface area contributed by atoms with E-state index in [-0.39, 0.29) is 18.3 Å². The Balaban J connectivity index is 1.46. The smallest absolute Gasteiger partial charge is 0.414 e. The summed E-state index contributed by atoms with van der Waals surface area (Å²) in [5, 5.41) is 0. The zero-order chi connectivity index (χ0) is 20.9. The number of fused-ring (bicyclic) bond motifs is 1. The number of hydrogen-bond acceptors (Lipinski definition) is 4. The van der Waals surface area contributed by atoms with E-state index in [4.69, 9.17) is 9.47 Å². The fraction of sp³-hybridized carbons (Fsp3) is 0.200. The van der Waals surface area contributed by atoms with E-state index in [0.717, 1.165) is 16.8 Å². The number of methoxy groups -OCH3 is 1. The quantitative estimate of drug-likeness (QED) is 0.532. The number of carbonyl (C=O) groups is 2. The second-order valence-corrected chi connectivity index (χ2v) is 7.26. The van der Waals surface area contributed by atoms with E-state index >= 15 is 0 Å². The molecule has 0 saturated carbocycles. The second kappa shape index (κ2) is 8.82. The number of nitrogens with zero attached hydrogens (tertiary/aromatic N) is 1. The van der Waals surface area contributed by atoms with Crippen molar-refractivity contribution >= 4 is 17.6 Å². The third-order valence-electron chi connectivity index (χ3n) is 5.34. The van der Waals surface area contributed by atoms with E-state index in [1.54, 1.807) is 36.3 Å². The predicted molar refractivity (Wildman–Crippen MR) is 115 cm³/mol. The lowest BCUT2D eigenvalue weighted by Gasteiger charge is -2.17. The first kappa shape index (κ1) is 19.7. The molecule has 0 spiro atoms. The molecule has 1 amide bonds. The lowest BCUT2D eigenvalue weighted by atomic mass is 9.93. The average molecular weight is 401 g/mol. The second-order valence-electron chi connectivity index (χ2n) is 7.26. The number of Topliss-reactive ketones (excluding diaryl/α,β-unsaturated/α-hetero) is 1. The first-order valence-corrected chi connectivity index (χ1v) is 9.90. The third-order valence-corrected chi connectivity index (χ3v) is 5.34. The van der Waals surface area contributed by atoms with Gasteiger partial charge in [-0.15, -0.1) is 0 Å². The number of carbonyl (C=O) groups excluding carboxylic acids is 2. The lowest BCUT2D eigenvalue weighted by Crippen LogP contribution is -2.30. The van der Waals surface area contributed by atoms with Crippen molar-refractivity contribution in [2.24, 2.45) is 0 Å². The highest BCUT2D eigenvalue weighted by molar-refractivity contribution is 5.98. The molecule has 0 fully saturated rings. The van der Waals surface area contributed by atoms with Gasteiger partial charge in [-0.05, 0) is 41.5 Å². The Hall–Kier alpha value is -3.60. The van der Waals surface area contributed by atoms with Crippen LogP contribution in [0.2, 0.25) is 0 Å². The van der Waals surface area contributed by atoms with Crippen molar-refractivity contribution in [1.29, 1.82) is 0 Å². The van der Waals surface area contributed by atoms with Crippen LogP contribution in [0.1, 0.15) is 33.8 Å². The molecular formula is C25H23NO4. The molecule has 5 nitrogen and oxygen atoms in total. The fourth-order valence-corrected chi connectivity index (χ4v) is 3.76. The van der Waals surface area contributed by atoms with Crippen molar-refractivity contribution in [2.45, 2.75) is 18.9 Å². The van der Waals surface area contributed by atoms with Crippen LogP contribution in [-0.2, 0) is 11.3 Å². The van der Waals surface area contributed by atoms with Crippen molar-refractivity contribution in [3.8, 4) is 5.75 Å². The van der Waals surface area contributed by atoms with E-state index in [0.29, 0.717) is 24.3 Å². The van der Waals surface area contributed by atoms with Gasteiger partial charge in [-0.25, -0.2) is 4.79 Å². The molecule has 1 aliphatic rings. The molecule has 1 unspecified atom stereocenters. The van der Waals surface area contributed by atoms with Gasteiger partial charge in [0.1, 0.15) is 12.4 Å². The van der Waals surface area contributed by atoms with Crippen LogP contribution >= 0.6 is 0 Å². The molecule has 0 saturated heterocycles. The number of benzene rings is 3. The summed E-state index contributed by atoms with van der Waals surface area (Å²) in [6.45, 7) is 0.642. The Morgan fingerprint density at radius 2 is 1.63 bits per heavy atom. The van der Waals surface area contributed by atoms with Gasteiger partial charge in [0.2, 0.25) is 0 Å². The minimum atomic E-state index is -0.398. The molecule has 152 valence electrons. The molecule has 0 N–H and O–H groups in total. The molecule has 0 bridgehead atoms. The maximum absolute atomic E-state index is 12.8. The summed E-state index contributed by atoms with van der Waals surface area (Å²) >= 11 is 0. The SMILES string of the molecule is COc1ccc(C(=O)CC2CN(C(=O)OCc3ccccc3)c3ccccc32)cc1. The zero-order valence-electron chi connectivity index (χ0n) is 16.8. The normalized spacial score (nSPS) is 14.8. The minimum absolute atomic E-state index is 0.0389. The van der Waals surface area contributed by atoms with Crippen LogP contribution in [0.4, 0.5) is 10.5 Å². The van der Waals surface area contributed by atoms with Gasteiger partial charge >= 0.3 is 6.09 Å². The maximum atomic E-state index is 12.8. The molecule has 0 aliphatic carbocycles. The van der Waals surface area contributed by atoms with Crippen molar-refractivity contribution in [1.82, 2.24) is 0 Å². The number of rotatable bonds is 6. The molecule has 0 radical (unpaired) electrons. The molecule has 1 atom stereocenters. The van der Waals surface area contributed by atoms with Crippen LogP contribution in [0.15, 0.2) is 78.9 Å². The van der Waals surface area contributed by atoms with E-state index in [1.165, 1.54) is 0 Å². The van der Waals surface area contributed by atoms with Gasteiger partial charge in [0.15, 0.2) is 5.78 Å². The number of ether oxygens (including phenoxy) is 2. The highest BCUT2D eigenvalue weighted by atomic mass is 16.6. The van der Waals surface area contributed by atoms with Gasteiger partial charge in [-0.2, -0.15) is 0 Å². The number of amides is 1. The molecule has 0 aromatic heterocycles. The topological polar surface area (TPSA) is 55.8 Å². The summed E-state index contributed by atoms with van der Waals surface area (Å²) in [7, 11) is 1.59. The highest BCUT2D eigenvalue weighted by Gasteiger charge is 2.34. The molecule has 3 aromatic rings. The van der Waals surface area contributed by atoms with E-state index in [9.17, 15) is 9.59 Å². The van der Waals surface area contributed by atoms with Gasteiger partial charge < -0.3 is 9.47 Å². The van der Waals surface area contributed by atoms with E-state index < -0.39 is 6.09 Å². The Kier molecular flexibility index (Phi) is 5.80. The van der Waals surface area contributed by atoms with Gasteiger partial charge in [-0.3, -0.25) is 9.69 Å². The van der Waals surface area contributed by atoms with Crippen LogP contribution in [0.3, 0.4) is 0 Å². The standard InChI is InChI=1S/C25H23NO4/c1-29-21-13-11-19(12-14-21)24(27)15-20-16-26(23-10-6-5-9-22(20)23)25(28)30-17-18-7-3-2-4-8-18/h2-14,20H,15-17H2,1H3. The molecule has 1 heterocycles. The van der Waals surface area contributed by atoms with Crippen molar-refractivity contribution < 1.29 is 19.1 Å². The summed E-state index contributed by atoms with van der Waals surface area (Å²) in [6.07, 6.45) is -0.0723. The Labute approximate surface area is 175 Å². The van der Waals surface area contributed by atoms with Crippen LogP contribution in [0, 0.1) is 0 Å². The number of hydrogen-bond donors (Lipinski definition) is 0. The van der Waals surface area contributed by atoms with Gasteiger partial charge in [-0.1, -0.05) is 48.5 Å². The molecule has 5 heteroatoms. The Morgan fingerprint density at radius 1 is 0.933 bits per heavy atom. The summed E-state index contributed by atoms with van der Waals surface area (Å²) in [4.78, 5) is 27.2. The van der Waals surface area contributed by atoms with E-state index in [1.807, 2.05) is 54.6 Å². The van der Waals surface area contributed by atoms with Gasteiger partial charge in [0.25, 0.3) is 0 Å². The molecule has 30 heavy (non-hydrogen) atoms. The summed E-state index contributed by atoms with van der Waals surface area (Å²) in [6, 6.07) is 24.4. The monoisotopic (exact) mass is 401 g/mol. The number of anilines is 1. The zero-order valence-corrected chi connectivity index (χ0v) is 16.8. The minimum Gasteiger partial charge on any atom is -0.497 e. The fourth-order valence-electron chi connectivity index (χ4n) is 3.76. The third kappa shape index (κ3) is 4.20. The Bertz CT molecular complexity index is 1030. The molecular weight excluding hydrogens is 378 g/mol. The highest BCUT2D eigenvalue weighted by Crippen LogP contribution is 2.39. The van der Waals surface area contributed by atoms with Gasteiger partial charge in [0.05, 0.1) is 12.8 Å². The number of para-hydroxylation sites is 1. The molecule has 3 aromatic carbocycles. The van der Waals surface area contributed by atoms with Gasteiger partial charge in [0, 0.05) is 24.4 Å². The molecule has 4 rings (SSSR count). The first-order chi connectivity index (χ1) is 14.7. The lowest BCUT2D eigenvalue weighted by molar-refractivity contribution is 0.0974. The predicted octanol–water partition coefficient (Wildman–Crippen LogP) is 5.21. The maximum Gasteiger partial charge on any atom is 0.414 e. The van der Waals surface area contributed by atoms with Crippen LogP contribution in [0.25, 0.3) is 0 Å².